The first-order valence-corrected chi connectivity index (χ1v) is 4.56. The van der Waals surface area contributed by atoms with Crippen molar-refractivity contribution >= 4 is 5.91 Å². The largest absolute Gasteiger partial charge is 0.409 e. The molecule has 1 aliphatic heterocycles. The summed E-state index contributed by atoms with van der Waals surface area (Å²) in [6.45, 7) is 0.815. The van der Waals surface area contributed by atoms with Gasteiger partial charge in [-0.3, -0.25) is 4.79 Å². The maximum Gasteiger partial charge on any atom is 0.409 e. The fraction of sp³-hybridized carbons (Fsp3) is 0.875. The Morgan fingerprint density at radius 3 is 1.76 bits per heavy atom. The first kappa shape index (κ1) is 14.1. The van der Waals surface area contributed by atoms with Crippen LogP contribution in [0.1, 0.15) is 6.92 Å². The van der Waals surface area contributed by atoms with E-state index in [4.69, 9.17) is 5.73 Å². The Kier molecular flexibility index (Phi) is 3.11. The van der Waals surface area contributed by atoms with Crippen LogP contribution in [0.2, 0.25) is 0 Å². The minimum atomic E-state index is -5.64. The van der Waals surface area contributed by atoms with Gasteiger partial charge in [0.05, 0.1) is 0 Å². The summed E-state index contributed by atoms with van der Waals surface area (Å²) >= 11 is 0. The number of nitrogens with two attached hydrogens (primary N) is 1. The van der Waals surface area contributed by atoms with Crippen LogP contribution in [0.3, 0.4) is 0 Å². The van der Waals surface area contributed by atoms with E-state index in [0.717, 1.165) is 0 Å². The average Bonchev–Trinajstić information content (AvgIpc) is 1.93. The van der Waals surface area contributed by atoms with Crippen LogP contribution in [0, 0.1) is 5.92 Å². The predicted octanol–water partition coefficient (Wildman–Crippen LogP) is 1.29. The molecule has 0 aromatic carbocycles. The van der Waals surface area contributed by atoms with Crippen LogP contribution in [-0.4, -0.2) is 41.8 Å². The maximum absolute atomic E-state index is 12.2. The highest BCUT2D eigenvalue weighted by Crippen LogP contribution is 2.41. The van der Waals surface area contributed by atoms with Crippen LogP contribution < -0.4 is 5.73 Å². The molecule has 1 aliphatic rings. The molecular weight excluding hydrogens is 254 g/mol. The minimum absolute atomic E-state index is 0.311. The van der Waals surface area contributed by atoms with Crippen molar-refractivity contribution < 1.29 is 31.1 Å². The van der Waals surface area contributed by atoms with E-state index in [1.54, 1.807) is 0 Å². The Labute approximate surface area is 92.5 Å². The van der Waals surface area contributed by atoms with Crippen LogP contribution >= 0.6 is 0 Å². The molecule has 100 valence electrons. The normalized spacial score (nSPS) is 20.4. The molecule has 0 aromatic rings. The maximum atomic E-state index is 12.2. The van der Waals surface area contributed by atoms with Crippen molar-refractivity contribution in [1.82, 2.24) is 4.90 Å². The zero-order valence-electron chi connectivity index (χ0n) is 8.69. The smallest absolute Gasteiger partial charge is 0.338 e. The number of carbonyl (C=O) groups excluding carboxylic acids is 1. The molecule has 1 amide bonds. The number of hydrogen-bond donors (Lipinski definition) is 1. The molecule has 9 heteroatoms. The topological polar surface area (TPSA) is 46.3 Å². The third-order valence-electron chi connectivity index (χ3n) is 2.32. The van der Waals surface area contributed by atoms with Crippen LogP contribution in [0.5, 0.6) is 0 Å². The molecule has 17 heavy (non-hydrogen) atoms. The van der Waals surface area contributed by atoms with E-state index < -0.39 is 29.7 Å². The quantitative estimate of drug-likeness (QED) is 0.725. The van der Waals surface area contributed by atoms with Gasteiger partial charge in [-0.15, -0.1) is 0 Å². The highest BCUT2D eigenvalue weighted by molar-refractivity contribution is 5.81. The third kappa shape index (κ3) is 3.02. The number of likely N-dealkylation sites (tertiary alicyclic amines) is 1. The molecule has 0 bridgehead atoms. The first-order valence-electron chi connectivity index (χ1n) is 4.56. The van der Waals surface area contributed by atoms with E-state index in [-0.39, 0.29) is 13.1 Å². The minimum Gasteiger partial charge on any atom is -0.338 e. The lowest BCUT2D eigenvalue weighted by Gasteiger charge is -2.46. The fourth-order valence-electron chi connectivity index (χ4n) is 1.63. The lowest BCUT2D eigenvalue weighted by atomic mass is 9.91. The molecule has 2 N–H and O–H groups in total. The average molecular weight is 264 g/mol. The van der Waals surface area contributed by atoms with Gasteiger partial charge in [0.1, 0.15) is 0 Å². The molecule has 1 rings (SSSR count). The highest BCUT2D eigenvalue weighted by atomic mass is 19.4. The molecule has 1 saturated heterocycles. The van der Waals surface area contributed by atoms with E-state index in [9.17, 15) is 31.1 Å². The molecule has 0 unspecified atom stereocenters. The highest BCUT2D eigenvalue weighted by Gasteiger charge is 2.63. The zero-order chi connectivity index (χ0) is 13.6. The summed E-state index contributed by atoms with van der Waals surface area (Å²) in [6.07, 6.45) is -11.3. The Hall–Kier alpha value is -0.990. The Morgan fingerprint density at radius 2 is 1.53 bits per heavy atom. The van der Waals surface area contributed by atoms with Crippen LogP contribution in [-0.2, 0) is 4.79 Å². The van der Waals surface area contributed by atoms with Gasteiger partial charge in [-0.25, -0.2) is 0 Å². The summed E-state index contributed by atoms with van der Waals surface area (Å²) in [5.74, 6) is -5.96. The van der Waals surface area contributed by atoms with Gasteiger partial charge in [-0.05, 0) is 6.92 Å². The van der Waals surface area contributed by atoms with Crippen molar-refractivity contribution in [3.63, 3.8) is 0 Å². The van der Waals surface area contributed by atoms with E-state index >= 15 is 0 Å². The zero-order valence-corrected chi connectivity index (χ0v) is 8.69. The van der Waals surface area contributed by atoms with Crippen molar-refractivity contribution in [3.8, 4) is 0 Å². The van der Waals surface area contributed by atoms with Gasteiger partial charge in [-0.1, -0.05) is 0 Å². The molecule has 3 nitrogen and oxygen atoms in total. The van der Waals surface area contributed by atoms with Crippen LogP contribution in [0.4, 0.5) is 26.3 Å². The van der Waals surface area contributed by atoms with Gasteiger partial charge in [0.2, 0.25) is 11.8 Å². The second kappa shape index (κ2) is 3.76. The second-order valence-corrected chi connectivity index (χ2v) is 4.36. The van der Waals surface area contributed by atoms with Gasteiger partial charge >= 0.3 is 12.4 Å². The number of carbonyl (C=O) groups is 1. The Balaban J connectivity index is 2.84. The van der Waals surface area contributed by atoms with Gasteiger partial charge in [-0.2, -0.15) is 26.3 Å². The van der Waals surface area contributed by atoms with Crippen LogP contribution in [0.15, 0.2) is 0 Å². The van der Waals surface area contributed by atoms with Crippen molar-refractivity contribution in [1.29, 1.82) is 0 Å². The molecule has 0 radical (unpaired) electrons. The van der Waals surface area contributed by atoms with Crippen molar-refractivity contribution in [2.75, 3.05) is 13.1 Å². The number of halogens is 6. The fourth-order valence-corrected chi connectivity index (χ4v) is 1.63. The van der Waals surface area contributed by atoms with Gasteiger partial charge < -0.3 is 10.6 Å². The molecule has 0 aromatic heterocycles. The lowest BCUT2D eigenvalue weighted by molar-refractivity contribution is -0.279. The monoisotopic (exact) mass is 264 g/mol. The van der Waals surface area contributed by atoms with Crippen molar-refractivity contribution in [2.45, 2.75) is 24.8 Å². The van der Waals surface area contributed by atoms with Gasteiger partial charge in [0.15, 0.2) is 0 Å². The SMILES string of the molecule is CC1(N)CN(C(=O)C(C(F)(F)F)C(F)(F)F)C1. The molecule has 0 aliphatic carbocycles. The molecule has 0 saturated carbocycles. The summed E-state index contributed by atoms with van der Waals surface area (Å²) in [5, 5.41) is 0. The summed E-state index contributed by atoms with van der Waals surface area (Å²) in [6, 6.07) is 0. The predicted molar refractivity (Wildman–Crippen MR) is 44.8 cm³/mol. The number of nitrogens with zero attached hydrogens (tertiary/aromatic N) is 1. The Morgan fingerprint density at radius 1 is 1.18 bits per heavy atom. The number of hydrogen-bond acceptors (Lipinski definition) is 2. The standard InChI is InChI=1S/C8H10F6N2O/c1-6(15)2-16(3-6)5(17)4(7(9,10)11)8(12,13)14/h4H,2-3,15H2,1H3. The number of rotatable bonds is 1. The van der Waals surface area contributed by atoms with E-state index in [1.807, 2.05) is 0 Å². The van der Waals surface area contributed by atoms with Crippen molar-refractivity contribution in [2.24, 2.45) is 11.7 Å². The van der Waals surface area contributed by atoms with Gasteiger partial charge in [0, 0.05) is 18.6 Å². The molecule has 0 spiro atoms. The number of alkyl halides is 6. The second-order valence-electron chi connectivity index (χ2n) is 4.36. The lowest BCUT2D eigenvalue weighted by Crippen LogP contribution is -2.69. The summed E-state index contributed by atoms with van der Waals surface area (Å²) in [5.41, 5.74) is 4.49. The number of amides is 1. The van der Waals surface area contributed by atoms with Crippen LogP contribution in [0.25, 0.3) is 0 Å². The Bertz CT molecular complexity index is 299. The van der Waals surface area contributed by atoms with Gasteiger partial charge in [0.25, 0.3) is 0 Å². The first-order chi connectivity index (χ1) is 7.34. The summed E-state index contributed by atoms with van der Waals surface area (Å²) in [7, 11) is 0. The molecule has 0 atom stereocenters. The van der Waals surface area contributed by atoms with E-state index in [2.05, 4.69) is 0 Å². The molecule has 1 fully saturated rings. The van der Waals surface area contributed by atoms with E-state index in [0.29, 0.717) is 4.90 Å². The van der Waals surface area contributed by atoms with E-state index in [1.165, 1.54) is 6.92 Å². The molecular formula is C8H10F6N2O. The third-order valence-corrected chi connectivity index (χ3v) is 2.32. The summed E-state index contributed by atoms with van der Waals surface area (Å²) in [4.78, 5) is 11.6. The van der Waals surface area contributed by atoms with Crippen molar-refractivity contribution in [3.05, 3.63) is 0 Å². The molecule has 1 heterocycles. The summed E-state index contributed by atoms with van der Waals surface area (Å²) < 4.78 is 73.1.